The maximum Gasteiger partial charge on any atom is 0.234 e. The number of carbonyl (C=O) groups excluding carboxylic acids is 1. The molecule has 0 aromatic carbocycles. The van der Waals surface area contributed by atoms with Gasteiger partial charge in [-0.05, 0) is 22.0 Å². The van der Waals surface area contributed by atoms with E-state index in [-0.39, 0.29) is 18.3 Å². The number of amides is 1. The maximum absolute atomic E-state index is 11.4. The van der Waals surface area contributed by atoms with Crippen molar-refractivity contribution in [3.63, 3.8) is 0 Å². The van der Waals surface area contributed by atoms with Gasteiger partial charge in [-0.15, -0.1) is 23.7 Å². The standard InChI is InChI=1S/C10H15BrN2O2S.ClH/c1-15-3-2-12-6-10(14)13-5-9-4-8(11)7-16-9;/h4,7,12H,2-3,5-6H2,1H3,(H,13,14);1H. The number of carbonyl (C=O) groups is 1. The monoisotopic (exact) mass is 342 g/mol. The molecule has 7 heteroatoms. The third-order valence-electron chi connectivity index (χ3n) is 1.85. The Labute approximate surface area is 120 Å². The van der Waals surface area contributed by atoms with E-state index in [2.05, 4.69) is 26.6 Å². The molecule has 98 valence electrons. The fourth-order valence-electron chi connectivity index (χ4n) is 1.07. The number of nitrogens with one attached hydrogen (secondary N) is 2. The molecule has 1 rings (SSSR count). The second kappa shape index (κ2) is 9.85. The van der Waals surface area contributed by atoms with Gasteiger partial charge in [-0.2, -0.15) is 0 Å². The van der Waals surface area contributed by atoms with Crippen LogP contribution in [0.15, 0.2) is 15.9 Å². The van der Waals surface area contributed by atoms with E-state index in [4.69, 9.17) is 4.74 Å². The molecule has 2 N–H and O–H groups in total. The Bertz CT molecular complexity index is 336. The van der Waals surface area contributed by atoms with Gasteiger partial charge in [0.2, 0.25) is 5.91 Å². The van der Waals surface area contributed by atoms with Gasteiger partial charge in [0.05, 0.1) is 19.7 Å². The summed E-state index contributed by atoms with van der Waals surface area (Å²) in [5.74, 6) is 0.000579. The van der Waals surface area contributed by atoms with Gasteiger partial charge >= 0.3 is 0 Å². The van der Waals surface area contributed by atoms with Crippen molar-refractivity contribution in [1.29, 1.82) is 0 Å². The summed E-state index contributed by atoms with van der Waals surface area (Å²) in [4.78, 5) is 12.5. The number of hydrogen-bond acceptors (Lipinski definition) is 4. The minimum absolute atomic E-state index is 0. The average Bonchev–Trinajstić information content (AvgIpc) is 2.68. The van der Waals surface area contributed by atoms with Gasteiger partial charge in [0.25, 0.3) is 0 Å². The van der Waals surface area contributed by atoms with Gasteiger partial charge in [0, 0.05) is 28.4 Å². The van der Waals surface area contributed by atoms with Gasteiger partial charge in [-0.3, -0.25) is 4.79 Å². The molecule has 0 spiro atoms. The van der Waals surface area contributed by atoms with Crippen LogP contribution >= 0.6 is 39.7 Å². The van der Waals surface area contributed by atoms with Crippen molar-refractivity contribution in [1.82, 2.24) is 10.6 Å². The van der Waals surface area contributed by atoms with E-state index in [0.29, 0.717) is 26.2 Å². The van der Waals surface area contributed by atoms with Crippen LogP contribution in [0.1, 0.15) is 4.88 Å². The number of methoxy groups -OCH3 is 1. The molecule has 0 radical (unpaired) electrons. The molecule has 1 aromatic rings. The van der Waals surface area contributed by atoms with E-state index in [1.165, 1.54) is 0 Å². The lowest BCUT2D eigenvalue weighted by Crippen LogP contribution is -2.34. The second-order valence-corrected chi connectivity index (χ2v) is 5.09. The van der Waals surface area contributed by atoms with Crippen molar-refractivity contribution in [2.75, 3.05) is 26.8 Å². The van der Waals surface area contributed by atoms with Crippen LogP contribution in [0.4, 0.5) is 0 Å². The normalized spacial score (nSPS) is 9.76. The van der Waals surface area contributed by atoms with Crippen molar-refractivity contribution >= 4 is 45.6 Å². The minimum atomic E-state index is 0. The van der Waals surface area contributed by atoms with E-state index < -0.39 is 0 Å². The van der Waals surface area contributed by atoms with Gasteiger partial charge in [0.1, 0.15) is 0 Å². The summed E-state index contributed by atoms with van der Waals surface area (Å²) in [7, 11) is 1.64. The van der Waals surface area contributed by atoms with E-state index in [1.54, 1.807) is 18.4 Å². The summed E-state index contributed by atoms with van der Waals surface area (Å²) in [5, 5.41) is 7.82. The lowest BCUT2D eigenvalue weighted by atomic mass is 10.4. The largest absolute Gasteiger partial charge is 0.383 e. The Balaban J connectivity index is 0.00000256. The molecule has 0 bridgehead atoms. The van der Waals surface area contributed by atoms with E-state index in [1.807, 2.05) is 11.4 Å². The quantitative estimate of drug-likeness (QED) is 0.742. The zero-order valence-corrected chi connectivity index (χ0v) is 12.7. The number of halogens is 2. The highest BCUT2D eigenvalue weighted by Gasteiger charge is 2.02. The Morgan fingerprint density at radius 3 is 2.94 bits per heavy atom. The first kappa shape index (κ1) is 16.9. The molecule has 1 amide bonds. The second-order valence-electron chi connectivity index (χ2n) is 3.18. The summed E-state index contributed by atoms with van der Waals surface area (Å²) in [5.41, 5.74) is 0. The highest BCUT2D eigenvalue weighted by atomic mass is 79.9. The van der Waals surface area contributed by atoms with Crippen molar-refractivity contribution in [2.45, 2.75) is 6.54 Å². The molecule has 0 fully saturated rings. The molecular weight excluding hydrogens is 328 g/mol. The van der Waals surface area contributed by atoms with Crippen molar-refractivity contribution in [3.8, 4) is 0 Å². The molecule has 0 aliphatic carbocycles. The zero-order chi connectivity index (χ0) is 11.8. The minimum Gasteiger partial charge on any atom is -0.383 e. The van der Waals surface area contributed by atoms with Gasteiger partial charge in [0.15, 0.2) is 0 Å². The predicted octanol–water partition coefficient (Wildman–Crippen LogP) is 1.78. The van der Waals surface area contributed by atoms with Crippen molar-refractivity contribution < 1.29 is 9.53 Å². The zero-order valence-electron chi connectivity index (χ0n) is 9.49. The molecule has 4 nitrogen and oxygen atoms in total. The van der Waals surface area contributed by atoms with Crippen LogP contribution in [0.25, 0.3) is 0 Å². The smallest absolute Gasteiger partial charge is 0.234 e. The van der Waals surface area contributed by atoms with Gasteiger partial charge in [-0.1, -0.05) is 0 Å². The molecule has 0 saturated carbocycles. The molecule has 0 saturated heterocycles. The first-order chi connectivity index (χ1) is 7.72. The Morgan fingerprint density at radius 1 is 1.59 bits per heavy atom. The van der Waals surface area contributed by atoms with E-state index in [9.17, 15) is 4.79 Å². The third-order valence-corrected chi connectivity index (χ3v) is 3.55. The molecule has 17 heavy (non-hydrogen) atoms. The Hall–Kier alpha value is -0.140. The van der Waals surface area contributed by atoms with Crippen LogP contribution in [-0.4, -0.2) is 32.7 Å². The summed E-state index contributed by atoms with van der Waals surface area (Å²) >= 11 is 4.99. The number of ether oxygens (including phenoxy) is 1. The van der Waals surface area contributed by atoms with Crippen LogP contribution in [0, 0.1) is 0 Å². The lowest BCUT2D eigenvalue weighted by Gasteiger charge is -2.05. The van der Waals surface area contributed by atoms with Crippen molar-refractivity contribution in [2.24, 2.45) is 0 Å². The Morgan fingerprint density at radius 2 is 2.35 bits per heavy atom. The van der Waals surface area contributed by atoms with Gasteiger partial charge < -0.3 is 15.4 Å². The number of thiophene rings is 1. The van der Waals surface area contributed by atoms with Crippen LogP contribution in [-0.2, 0) is 16.1 Å². The molecule has 1 heterocycles. The van der Waals surface area contributed by atoms with Crippen LogP contribution in [0.5, 0.6) is 0 Å². The topological polar surface area (TPSA) is 50.4 Å². The summed E-state index contributed by atoms with van der Waals surface area (Å²) in [6.45, 7) is 2.22. The predicted molar refractivity (Wildman–Crippen MR) is 75.9 cm³/mol. The molecule has 0 aliphatic rings. The number of rotatable bonds is 7. The maximum atomic E-state index is 11.4. The molecule has 1 aromatic heterocycles. The summed E-state index contributed by atoms with van der Waals surface area (Å²) in [6.07, 6.45) is 0. The summed E-state index contributed by atoms with van der Waals surface area (Å²) in [6, 6.07) is 2.00. The molecule has 0 unspecified atom stereocenters. The molecular formula is C10H16BrClN2O2S. The first-order valence-electron chi connectivity index (χ1n) is 4.91. The average molecular weight is 344 g/mol. The van der Waals surface area contributed by atoms with E-state index in [0.717, 1.165) is 9.35 Å². The fourth-order valence-corrected chi connectivity index (χ4v) is 2.46. The summed E-state index contributed by atoms with van der Waals surface area (Å²) < 4.78 is 5.91. The first-order valence-corrected chi connectivity index (χ1v) is 6.59. The highest BCUT2D eigenvalue weighted by Crippen LogP contribution is 2.19. The van der Waals surface area contributed by atoms with Crippen LogP contribution in [0.3, 0.4) is 0 Å². The lowest BCUT2D eigenvalue weighted by molar-refractivity contribution is -0.120. The van der Waals surface area contributed by atoms with Crippen molar-refractivity contribution in [3.05, 3.63) is 20.8 Å². The van der Waals surface area contributed by atoms with Gasteiger partial charge in [-0.25, -0.2) is 0 Å². The fraction of sp³-hybridized carbons (Fsp3) is 0.500. The van der Waals surface area contributed by atoms with Crippen LogP contribution in [0.2, 0.25) is 0 Å². The van der Waals surface area contributed by atoms with Crippen LogP contribution < -0.4 is 10.6 Å². The Kier molecular flexibility index (Phi) is 9.76. The number of hydrogen-bond donors (Lipinski definition) is 2. The van der Waals surface area contributed by atoms with E-state index >= 15 is 0 Å². The SMILES string of the molecule is COCCNCC(=O)NCc1cc(Br)cs1.Cl. The molecule has 0 atom stereocenters. The third kappa shape index (κ3) is 7.72. The molecule has 0 aliphatic heterocycles. The highest BCUT2D eigenvalue weighted by molar-refractivity contribution is 9.10.